The van der Waals surface area contributed by atoms with Crippen LogP contribution in [0.1, 0.15) is 17.9 Å². The third-order valence-corrected chi connectivity index (χ3v) is 6.89. The average molecular weight is 517 g/mol. The smallest absolute Gasteiger partial charge is 0.197 e. The predicted molar refractivity (Wildman–Crippen MR) is 122 cm³/mol. The molecule has 0 saturated carbocycles. The normalized spacial score (nSPS) is 19.2. The highest BCUT2D eigenvalue weighted by Crippen LogP contribution is 2.44. The van der Waals surface area contributed by atoms with Crippen LogP contribution in [-0.2, 0) is 0 Å². The molecule has 0 spiro atoms. The van der Waals surface area contributed by atoms with Crippen LogP contribution < -0.4 is 5.43 Å². The Bertz CT molecular complexity index is 1170. The highest BCUT2D eigenvalue weighted by atomic mass is 79.9. The molecule has 0 unspecified atom stereocenters. The largest absolute Gasteiger partial charge is 0.507 e. The third kappa shape index (κ3) is 3.69. The van der Waals surface area contributed by atoms with Crippen molar-refractivity contribution in [3.05, 3.63) is 55.6 Å². The third-order valence-electron chi connectivity index (χ3n) is 5.60. The van der Waals surface area contributed by atoms with Crippen LogP contribution in [0, 0.1) is 0 Å². The van der Waals surface area contributed by atoms with Gasteiger partial charge in [0.2, 0.25) is 0 Å². The van der Waals surface area contributed by atoms with Crippen LogP contribution in [0.15, 0.2) is 44.0 Å². The first-order chi connectivity index (χ1) is 13.8. The van der Waals surface area contributed by atoms with Gasteiger partial charge in [0.05, 0.1) is 11.6 Å². The summed E-state index contributed by atoms with van der Waals surface area (Å²) in [6.45, 7) is 0.615. The molecule has 1 saturated heterocycles. The highest BCUT2D eigenvalue weighted by molar-refractivity contribution is 9.10. The summed E-state index contributed by atoms with van der Waals surface area (Å²) in [6.07, 6.45) is 0.667. The number of likely N-dealkylation sites (tertiary alicyclic amines) is 1. The minimum atomic E-state index is -0.442. The highest BCUT2D eigenvalue weighted by Gasteiger charge is 2.36. The van der Waals surface area contributed by atoms with Gasteiger partial charge in [0.25, 0.3) is 0 Å². The van der Waals surface area contributed by atoms with Crippen molar-refractivity contribution in [2.45, 2.75) is 18.4 Å². The lowest BCUT2D eigenvalue weighted by atomic mass is 9.89. The number of nitrogens with zero attached hydrogens (tertiary/aromatic N) is 1. The van der Waals surface area contributed by atoms with Gasteiger partial charge in [-0.15, -0.1) is 12.4 Å². The number of fused-ring (bicyclic) bond motifs is 1. The molecule has 9 heteroatoms. The topological polar surface area (TPSA) is 94.1 Å². The van der Waals surface area contributed by atoms with Crippen molar-refractivity contribution < 1.29 is 19.7 Å². The van der Waals surface area contributed by atoms with Crippen LogP contribution in [0.3, 0.4) is 0 Å². The number of phenolic OH excluding ortho intramolecular Hbond substituents is 2. The van der Waals surface area contributed by atoms with E-state index in [1.165, 1.54) is 6.07 Å². The molecule has 160 valence electrons. The van der Waals surface area contributed by atoms with Crippen LogP contribution in [0.25, 0.3) is 22.3 Å². The maximum Gasteiger partial charge on any atom is 0.197 e. The van der Waals surface area contributed by atoms with Gasteiger partial charge in [0, 0.05) is 39.7 Å². The van der Waals surface area contributed by atoms with E-state index in [0.29, 0.717) is 27.0 Å². The molecule has 6 nitrogen and oxygen atoms in total. The van der Waals surface area contributed by atoms with Crippen LogP contribution in [0.2, 0.25) is 5.02 Å². The molecule has 1 aliphatic heterocycles. The number of aromatic hydroxyl groups is 2. The monoisotopic (exact) mass is 515 g/mol. The summed E-state index contributed by atoms with van der Waals surface area (Å²) in [7, 11) is 1.89. The molecule has 1 fully saturated rings. The predicted octanol–water partition coefficient (Wildman–Crippen LogP) is 4.49. The lowest BCUT2D eigenvalue weighted by Gasteiger charge is -2.24. The molecule has 2 aromatic carbocycles. The van der Waals surface area contributed by atoms with E-state index in [2.05, 4.69) is 15.9 Å². The van der Waals surface area contributed by atoms with E-state index < -0.39 is 5.43 Å². The quantitative estimate of drug-likeness (QED) is 0.475. The van der Waals surface area contributed by atoms with Crippen LogP contribution in [0.5, 0.6) is 11.5 Å². The number of aliphatic hydroxyl groups is 1. The van der Waals surface area contributed by atoms with Gasteiger partial charge in [-0.25, -0.2) is 0 Å². The minimum absolute atomic E-state index is 0. The zero-order valence-corrected chi connectivity index (χ0v) is 19.1. The van der Waals surface area contributed by atoms with E-state index >= 15 is 0 Å². The van der Waals surface area contributed by atoms with Gasteiger partial charge in [-0.3, -0.25) is 4.79 Å². The van der Waals surface area contributed by atoms with Crippen LogP contribution >= 0.6 is 39.9 Å². The van der Waals surface area contributed by atoms with Crippen molar-refractivity contribution in [3.8, 4) is 22.8 Å². The fourth-order valence-corrected chi connectivity index (χ4v) is 4.70. The maximum absolute atomic E-state index is 12.9. The van der Waals surface area contributed by atoms with E-state index in [1.54, 1.807) is 18.2 Å². The molecule has 1 aliphatic rings. The molecule has 2 heterocycles. The van der Waals surface area contributed by atoms with Gasteiger partial charge in [0.15, 0.2) is 5.43 Å². The van der Waals surface area contributed by atoms with Gasteiger partial charge in [-0.2, -0.15) is 0 Å². The molecule has 0 aliphatic carbocycles. The standard InChI is InChI=1S/C21H19BrClNO5.ClH/c1-24-6-5-10(13(24)9-25)18-14(26)7-15(27)19-16(28)8-17(29-21(18)19)11-3-2-4-12(22)20(11)23;/h2-4,7-8,10,13,25-27H,5-6,9H2,1H3;1H/t10-,13+;/m1./s1. The van der Waals surface area contributed by atoms with E-state index in [-0.39, 0.29) is 59.2 Å². The van der Waals surface area contributed by atoms with E-state index in [9.17, 15) is 20.1 Å². The van der Waals surface area contributed by atoms with Crippen molar-refractivity contribution in [1.82, 2.24) is 4.90 Å². The number of rotatable bonds is 3. The molecule has 3 N–H and O–H groups in total. The van der Waals surface area contributed by atoms with E-state index in [1.807, 2.05) is 11.9 Å². The van der Waals surface area contributed by atoms with Gasteiger partial charge in [-0.1, -0.05) is 17.7 Å². The minimum Gasteiger partial charge on any atom is -0.507 e. The van der Waals surface area contributed by atoms with E-state index in [4.69, 9.17) is 16.0 Å². The van der Waals surface area contributed by atoms with Crippen molar-refractivity contribution >= 4 is 50.9 Å². The summed E-state index contributed by atoms with van der Waals surface area (Å²) in [5, 5.41) is 31.2. The van der Waals surface area contributed by atoms with E-state index in [0.717, 1.165) is 12.6 Å². The second-order valence-corrected chi connectivity index (χ2v) is 8.47. The molecule has 0 bridgehead atoms. The van der Waals surface area contributed by atoms with Crippen molar-refractivity contribution in [2.75, 3.05) is 20.2 Å². The Hall–Kier alpha value is -1.77. The van der Waals surface area contributed by atoms with Crippen LogP contribution in [-0.4, -0.2) is 46.5 Å². The lowest BCUT2D eigenvalue weighted by molar-refractivity contribution is 0.172. The number of hydrogen-bond donors (Lipinski definition) is 3. The zero-order valence-electron chi connectivity index (χ0n) is 15.9. The molecule has 30 heavy (non-hydrogen) atoms. The Morgan fingerprint density at radius 2 is 2.00 bits per heavy atom. The molecule has 2 atom stereocenters. The summed E-state index contributed by atoms with van der Waals surface area (Å²) < 4.78 is 6.72. The van der Waals surface area contributed by atoms with Gasteiger partial charge >= 0.3 is 0 Å². The molecule has 0 amide bonds. The number of benzene rings is 2. The number of phenols is 2. The summed E-state index contributed by atoms with van der Waals surface area (Å²) in [5.41, 5.74) is 0.588. The first-order valence-electron chi connectivity index (χ1n) is 9.11. The summed E-state index contributed by atoms with van der Waals surface area (Å²) >= 11 is 9.74. The Labute approximate surface area is 192 Å². The van der Waals surface area contributed by atoms with Crippen molar-refractivity contribution in [1.29, 1.82) is 0 Å². The van der Waals surface area contributed by atoms with Crippen molar-refractivity contribution in [2.24, 2.45) is 0 Å². The number of halogens is 3. The summed E-state index contributed by atoms with van der Waals surface area (Å²) in [6, 6.07) is 7.46. The molecular weight excluding hydrogens is 497 g/mol. The first-order valence-corrected chi connectivity index (χ1v) is 10.3. The number of hydrogen-bond acceptors (Lipinski definition) is 6. The average Bonchev–Trinajstić information content (AvgIpc) is 3.03. The fraction of sp³-hybridized carbons (Fsp3) is 0.286. The second-order valence-electron chi connectivity index (χ2n) is 7.23. The van der Waals surface area contributed by atoms with Gasteiger partial charge in [-0.05, 0) is 48.1 Å². The van der Waals surface area contributed by atoms with Gasteiger partial charge < -0.3 is 24.6 Å². The van der Waals surface area contributed by atoms with Crippen LogP contribution in [0.4, 0.5) is 0 Å². The number of aliphatic hydroxyl groups excluding tert-OH is 1. The molecule has 0 radical (unpaired) electrons. The first kappa shape index (κ1) is 22.9. The zero-order chi connectivity index (χ0) is 20.9. The molecule has 4 rings (SSSR count). The van der Waals surface area contributed by atoms with Crippen molar-refractivity contribution in [3.63, 3.8) is 0 Å². The Kier molecular flexibility index (Phi) is 6.69. The Balaban J connectivity index is 0.00000256. The second kappa shape index (κ2) is 8.77. The molecule has 3 aromatic rings. The van der Waals surface area contributed by atoms with Gasteiger partial charge in [0.1, 0.15) is 28.2 Å². The maximum atomic E-state index is 12.9. The fourth-order valence-electron chi connectivity index (χ4n) is 4.12. The Morgan fingerprint density at radius 1 is 1.27 bits per heavy atom. The SMILES string of the molecule is CN1CC[C@@H](c2c(O)cc(O)c3c(=O)cc(-c4cccc(Br)c4Cl)oc23)[C@@H]1CO.Cl. The molecular formula is C21H20BrCl2NO5. The number of likely N-dealkylation sites (N-methyl/N-ethyl adjacent to an activating group) is 1. The lowest BCUT2D eigenvalue weighted by Crippen LogP contribution is -2.32. The summed E-state index contributed by atoms with van der Waals surface area (Å²) in [4.78, 5) is 14.9. The summed E-state index contributed by atoms with van der Waals surface area (Å²) in [5.74, 6) is -0.556. The Morgan fingerprint density at radius 3 is 2.70 bits per heavy atom. The molecule has 1 aromatic heterocycles.